The number of benzene rings is 1. The fourth-order valence-corrected chi connectivity index (χ4v) is 2.21. The SMILES string of the molecule is CC(C)(C)CCC(Cl)c1cnc2ccccc2c1. The van der Waals surface area contributed by atoms with Gasteiger partial charge in [0, 0.05) is 11.6 Å². The summed E-state index contributed by atoms with van der Waals surface area (Å²) in [5, 5.41) is 1.22. The lowest BCUT2D eigenvalue weighted by atomic mass is 9.89. The molecule has 0 N–H and O–H groups in total. The summed E-state index contributed by atoms with van der Waals surface area (Å²) in [4.78, 5) is 4.46. The minimum absolute atomic E-state index is 0.0568. The zero-order valence-electron chi connectivity index (χ0n) is 11.3. The lowest BCUT2D eigenvalue weighted by Crippen LogP contribution is -2.06. The first kappa shape index (κ1) is 13.4. The molecule has 1 nitrogen and oxygen atoms in total. The van der Waals surface area contributed by atoms with E-state index in [1.165, 1.54) is 0 Å². The summed E-state index contributed by atoms with van der Waals surface area (Å²) in [7, 11) is 0. The monoisotopic (exact) mass is 261 g/mol. The topological polar surface area (TPSA) is 12.9 Å². The number of nitrogens with zero attached hydrogens (tertiary/aromatic N) is 1. The van der Waals surface area contributed by atoms with E-state index in [-0.39, 0.29) is 5.38 Å². The summed E-state index contributed by atoms with van der Waals surface area (Å²) in [6.45, 7) is 6.74. The van der Waals surface area contributed by atoms with Crippen LogP contribution in [0.2, 0.25) is 0 Å². The van der Waals surface area contributed by atoms with Gasteiger partial charge >= 0.3 is 0 Å². The summed E-state index contributed by atoms with van der Waals surface area (Å²) >= 11 is 6.47. The third-order valence-electron chi connectivity index (χ3n) is 3.12. The molecule has 2 rings (SSSR count). The molecule has 1 heterocycles. The van der Waals surface area contributed by atoms with Crippen LogP contribution in [0, 0.1) is 5.41 Å². The molecular weight excluding hydrogens is 242 g/mol. The predicted octanol–water partition coefficient (Wildman–Crippen LogP) is 5.34. The summed E-state index contributed by atoms with van der Waals surface area (Å²) in [6, 6.07) is 10.3. The van der Waals surface area contributed by atoms with Crippen LogP contribution in [0.25, 0.3) is 10.9 Å². The molecule has 2 aromatic rings. The Morgan fingerprint density at radius 1 is 1.22 bits per heavy atom. The van der Waals surface area contributed by atoms with Gasteiger partial charge in [0.05, 0.1) is 10.9 Å². The second kappa shape index (κ2) is 5.27. The van der Waals surface area contributed by atoms with Gasteiger partial charge in [-0.2, -0.15) is 0 Å². The number of aromatic nitrogens is 1. The van der Waals surface area contributed by atoms with Crippen molar-refractivity contribution in [3.05, 3.63) is 42.1 Å². The molecule has 0 saturated carbocycles. The van der Waals surface area contributed by atoms with Crippen LogP contribution in [0.4, 0.5) is 0 Å². The molecule has 0 radical (unpaired) electrons. The third kappa shape index (κ3) is 3.46. The minimum Gasteiger partial charge on any atom is -0.256 e. The molecule has 0 aliphatic heterocycles. The van der Waals surface area contributed by atoms with Crippen LogP contribution in [-0.2, 0) is 0 Å². The van der Waals surface area contributed by atoms with Crippen molar-refractivity contribution in [1.82, 2.24) is 4.98 Å². The van der Waals surface area contributed by atoms with Gasteiger partial charge in [-0.3, -0.25) is 4.98 Å². The van der Waals surface area contributed by atoms with Crippen LogP contribution in [0.1, 0.15) is 44.6 Å². The predicted molar refractivity (Wildman–Crippen MR) is 79.0 cm³/mol. The fourth-order valence-electron chi connectivity index (χ4n) is 1.99. The van der Waals surface area contributed by atoms with E-state index in [0.717, 1.165) is 29.3 Å². The van der Waals surface area contributed by atoms with E-state index in [4.69, 9.17) is 11.6 Å². The van der Waals surface area contributed by atoms with Crippen molar-refractivity contribution in [3.8, 4) is 0 Å². The summed E-state index contributed by atoms with van der Waals surface area (Å²) in [5.74, 6) is 0. The second-order valence-electron chi connectivity index (χ2n) is 6.03. The van der Waals surface area contributed by atoms with Crippen molar-refractivity contribution < 1.29 is 0 Å². The Labute approximate surface area is 114 Å². The first-order valence-corrected chi connectivity index (χ1v) is 6.88. The molecule has 0 saturated heterocycles. The molecule has 0 bridgehead atoms. The largest absolute Gasteiger partial charge is 0.256 e. The van der Waals surface area contributed by atoms with E-state index in [1.807, 2.05) is 24.4 Å². The van der Waals surface area contributed by atoms with Gasteiger partial charge in [-0.1, -0.05) is 39.0 Å². The minimum atomic E-state index is 0.0568. The normalized spacial score (nSPS) is 13.8. The fraction of sp³-hybridized carbons (Fsp3) is 0.438. The number of hydrogen-bond donors (Lipinski definition) is 0. The van der Waals surface area contributed by atoms with Crippen molar-refractivity contribution in [2.24, 2.45) is 5.41 Å². The first-order valence-electron chi connectivity index (χ1n) is 6.44. The lowest BCUT2D eigenvalue weighted by Gasteiger charge is -2.20. The summed E-state index contributed by atoms with van der Waals surface area (Å²) < 4.78 is 0. The average molecular weight is 262 g/mol. The number of alkyl halides is 1. The lowest BCUT2D eigenvalue weighted by molar-refractivity contribution is 0.363. The van der Waals surface area contributed by atoms with E-state index in [2.05, 4.69) is 37.9 Å². The smallest absolute Gasteiger partial charge is 0.0702 e. The Bertz CT molecular complexity index is 528. The zero-order chi connectivity index (χ0) is 13.2. The third-order valence-corrected chi connectivity index (χ3v) is 3.59. The molecule has 0 spiro atoms. The van der Waals surface area contributed by atoms with E-state index < -0.39 is 0 Å². The molecule has 0 amide bonds. The van der Waals surface area contributed by atoms with Gasteiger partial charge in [0.2, 0.25) is 0 Å². The maximum absolute atomic E-state index is 6.47. The van der Waals surface area contributed by atoms with E-state index in [1.54, 1.807) is 0 Å². The van der Waals surface area contributed by atoms with Crippen LogP contribution in [0.3, 0.4) is 0 Å². The van der Waals surface area contributed by atoms with Crippen LogP contribution < -0.4 is 0 Å². The number of halogens is 1. The second-order valence-corrected chi connectivity index (χ2v) is 6.56. The molecule has 2 heteroatoms. The zero-order valence-corrected chi connectivity index (χ0v) is 12.0. The Morgan fingerprint density at radius 3 is 2.67 bits per heavy atom. The van der Waals surface area contributed by atoms with Crippen molar-refractivity contribution in [3.63, 3.8) is 0 Å². The Balaban J connectivity index is 2.15. The van der Waals surface area contributed by atoms with Crippen molar-refractivity contribution >= 4 is 22.5 Å². The maximum atomic E-state index is 6.47. The molecule has 0 fully saturated rings. The molecule has 1 unspecified atom stereocenters. The van der Waals surface area contributed by atoms with Crippen molar-refractivity contribution in [1.29, 1.82) is 0 Å². The molecule has 1 aromatic carbocycles. The molecule has 1 aromatic heterocycles. The van der Waals surface area contributed by atoms with Crippen LogP contribution in [-0.4, -0.2) is 4.98 Å². The summed E-state index contributed by atoms with van der Waals surface area (Å²) in [6.07, 6.45) is 4.02. The van der Waals surface area contributed by atoms with Gasteiger partial charge in [-0.15, -0.1) is 11.6 Å². The van der Waals surface area contributed by atoms with Gasteiger partial charge < -0.3 is 0 Å². The highest BCUT2D eigenvalue weighted by atomic mass is 35.5. The van der Waals surface area contributed by atoms with Gasteiger partial charge in [-0.05, 0) is 36.0 Å². The standard InChI is InChI=1S/C16H20ClN/c1-16(2,3)9-8-14(17)13-10-12-6-4-5-7-15(12)18-11-13/h4-7,10-11,14H,8-9H2,1-3H3. The highest BCUT2D eigenvalue weighted by Gasteiger charge is 2.15. The van der Waals surface area contributed by atoms with E-state index in [0.29, 0.717) is 5.41 Å². The molecular formula is C16H20ClN. The highest BCUT2D eigenvalue weighted by molar-refractivity contribution is 6.20. The molecule has 18 heavy (non-hydrogen) atoms. The molecule has 96 valence electrons. The van der Waals surface area contributed by atoms with Gasteiger partial charge in [0.15, 0.2) is 0 Å². The van der Waals surface area contributed by atoms with Crippen molar-refractivity contribution in [2.75, 3.05) is 0 Å². The Kier molecular flexibility index (Phi) is 3.91. The Morgan fingerprint density at radius 2 is 1.94 bits per heavy atom. The summed E-state index contributed by atoms with van der Waals surface area (Å²) in [5.41, 5.74) is 2.48. The number of para-hydroxylation sites is 1. The van der Waals surface area contributed by atoms with Crippen LogP contribution in [0.5, 0.6) is 0 Å². The molecule has 1 atom stereocenters. The Hall–Kier alpha value is -1.08. The van der Waals surface area contributed by atoms with Crippen LogP contribution in [0.15, 0.2) is 36.5 Å². The number of hydrogen-bond acceptors (Lipinski definition) is 1. The average Bonchev–Trinajstić information content (AvgIpc) is 2.34. The van der Waals surface area contributed by atoms with Crippen LogP contribution >= 0.6 is 11.6 Å². The number of fused-ring (bicyclic) bond motifs is 1. The van der Waals surface area contributed by atoms with Gasteiger partial charge in [-0.25, -0.2) is 0 Å². The highest BCUT2D eigenvalue weighted by Crippen LogP contribution is 2.32. The van der Waals surface area contributed by atoms with E-state index >= 15 is 0 Å². The van der Waals surface area contributed by atoms with Gasteiger partial charge in [0.1, 0.15) is 0 Å². The quantitative estimate of drug-likeness (QED) is 0.680. The van der Waals surface area contributed by atoms with Crippen molar-refractivity contribution in [2.45, 2.75) is 39.0 Å². The molecule has 0 aliphatic carbocycles. The molecule has 0 aliphatic rings. The number of pyridine rings is 1. The maximum Gasteiger partial charge on any atom is 0.0702 e. The first-order chi connectivity index (χ1) is 8.46. The number of rotatable bonds is 3. The van der Waals surface area contributed by atoms with Gasteiger partial charge in [0.25, 0.3) is 0 Å². The van der Waals surface area contributed by atoms with E-state index in [9.17, 15) is 0 Å².